The first-order valence-corrected chi connectivity index (χ1v) is 10.2. The molecule has 2 heterocycles. The summed E-state index contributed by atoms with van der Waals surface area (Å²) in [6.07, 6.45) is 1.22. The molecule has 166 valence electrons. The molecule has 3 aromatic rings. The number of carboxylic acids is 1. The smallest absolute Gasteiger partial charge is 0.341 e. The molecule has 1 amide bonds. The van der Waals surface area contributed by atoms with Crippen molar-refractivity contribution in [2.75, 3.05) is 12.5 Å². The van der Waals surface area contributed by atoms with Crippen molar-refractivity contribution in [2.24, 2.45) is 0 Å². The third kappa shape index (κ3) is 3.44. The van der Waals surface area contributed by atoms with Gasteiger partial charge in [-0.25, -0.2) is 14.2 Å². The highest BCUT2D eigenvalue weighted by molar-refractivity contribution is 6.33. The molecule has 8 nitrogen and oxygen atoms in total. The van der Waals surface area contributed by atoms with Crippen LogP contribution in [0, 0.1) is 5.82 Å². The Hall–Kier alpha value is -3.59. The Kier molecular flexibility index (Phi) is 5.52. The average Bonchev–Trinajstić information content (AvgIpc) is 2.79. The molecule has 2 atom stereocenters. The molecule has 0 aliphatic carbocycles. The summed E-state index contributed by atoms with van der Waals surface area (Å²) in [4.78, 5) is 36.3. The van der Waals surface area contributed by atoms with Crippen LogP contribution in [0.1, 0.15) is 28.9 Å². The summed E-state index contributed by atoms with van der Waals surface area (Å²) in [5, 5.41) is 9.60. The third-order valence-electron chi connectivity index (χ3n) is 5.47. The number of fused-ring (bicyclic) bond motifs is 1. The van der Waals surface area contributed by atoms with Gasteiger partial charge in [0.2, 0.25) is 5.43 Å². The van der Waals surface area contributed by atoms with Crippen molar-refractivity contribution < 1.29 is 23.8 Å². The first-order chi connectivity index (χ1) is 15.3. The molecule has 1 aliphatic rings. The number of hydrogen-bond donors (Lipinski definition) is 2. The van der Waals surface area contributed by atoms with E-state index in [-0.39, 0.29) is 11.1 Å². The minimum Gasteiger partial charge on any atom is -0.497 e. The number of carbonyl (C=O) groups excluding carboxylic acids is 1. The van der Waals surface area contributed by atoms with Gasteiger partial charge in [0.05, 0.1) is 18.3 Å². The Balaban J connectivity index is 1.73. The SMILES string of the molecule is CCn1cc(C(=O)O)c(=O)c2cc(F)c(NN3C(=O)[C@@H](Cl)[C@@H]3c3ccc(OC)cc3)cc21. The van der Waals surface area contributed by atoms with Gasteiger partial charge in [-0.2, -0.15) is 0 Å². The van der Waals surface area contributed by atoms with Gasteiger partial charge in [0, 0.05) is 18.1 Å². The van der Waals surface area contributed by atoms with Gasteiger partial charge in [-0.15, -0.1) is 11.6 Å². The second kappa shape index (κ2) is 8.16. The fourth-order valence-electron chi connectivity index (χ4n) is 3.74. The number of aromatic carboxylic acids is 1. The van der Waals surface area contributed by atoms with E-state index in [2.05, 4.69) is 5.43 Å². The summed E-state index contributed by atoms with van der Waals surface area (Å²) in [5.74, 6) is -1.98. The number of hydrogen-bond acceptors (Lipinski definition) is 5. The van der Waals surface area contributed by atoms with E-state index >= 15 is 0 Å². The Morgan fingerprint density at radius 3 is 2.53 bits per heavy atom. The van der Waals surface area contributed by atoms with Crippen molar-refractivity contribution in [3.63, 3.8) is 0 Å². The van der Waals surface area contributed by atoms with Crippen molar-refractivity contribution in [3.05, 3.63) is 69.8 Å². The molecule has 32 heavy (non-hydrogen) atoms. The van der Waals surface area contributed by atoms with Crippen LogP contribution in [0.2, 0.25) is 0 Å². The number of nitrogens with zero attached hydrogens (tertiary/aromatic N) is 2. The molecule has 2 N–H and O–H groups in total. The topological polar surface area (TPSA) is 101 Å². The quantitative estimate of drug-likeness (QED) is 0.433. The molecule has 1 aliphatic heterocycles. The lowest BCUT2D eigenvalue weighted by Gasteiger charge is -2.44. The number of aromatic nitrogens is 1. The fourth-order valence-corrected chi connectivity index (χ4v) is 4.10. The molecular formula is C22H19ClFN3O5. The minimum absolute atomic E-state index is 0.0439. The predicted octanol–water partition coefficient (Wildman–Crippen LogP) is 3.39. The summed E-state index contributed by atoms with van der Waals surface area (Å²) in [5.41, 5.74) is 2.57. The van der Waals surface area contributed by atoms with E-state index in [1.807, 2.05) is 0 Å². The van der Waals surface area contributed by atoms with Crippen LogP contribution in [0.15, 0.2) is 47.4 Å². The van der Waals surface area contributed by atoms with Crippen LogP contribution in [-0.4, -0.2) is 39.0 Å². The summed E-state index contributed by atoms with van der Waals surface area (Å²) < 4.78 is 21.6. The lowest BCUT2D eigenvalue weighted by molar-refractivity contribution is -0.143. The lowest BCUT2D eigenvalue weighted by atomic mass is 9.95. The maximum absolute atomic E-state index is 14.9. The number of benzene rings is 2. The van der Waals surface area contributed by atoms with Crippen molar-refractivity contribution in [3.8, 4) is 5.75 Å². The molecule has 10 heteroatoms. The van der Waals surface area contributed by atoms with Crippen LogP contribution in [0.5, 0.6) is 5.75 Å². The Morgan fingerprint density at radius 1 is 1.25 bits per heavy atom. The van der Waals surface area contributed by atoms with Gasteiger partial charge in [0.25, 0.3) is 5.91 Å². The van der Waals surface area contributed by atoms with E-state index in [9.17, 15) is 23.9 Å². The van der Waals surface area contributed by atoms with Crippen molar-refractivity contribution in [1.29, 1.82) is 0 Å². The molecule has 1 aromatic heterocycles. The largest absolute Gasteiger partial charge is 0.497 e. The van der Waals surface area contributed by atoms with Crippen LogP contribution >= 0.6 is 11.6 Å². The number of hydrazine groups is 1. The monoisotopic (exact) mass is 459 g/mol. The molecule has 4 rings (SSSR count). The third-order valence-corrected chi connectivity index (χ3v) is 5.89. The van der Waals surface area contributed by atoms with Crippen LogP contribution < -0.4 is 15.6 Å². The Morgan fingerprint density at radius 2 is 1.94 bits per heavy atom. The standard InChI is InChI=1S/C22H19ClFN3O5/c1-3-26-10-14(22(30)31)20(28)13-8-15(24)16(9-17(13)26)25-27-19(18(23)21(27)29)11-4-6-12(32-2)7-5-11/h4-10,18-19,25H,3H2,1-2H3,(H,30,31)/t18-,19-/m0/s1. The number of halogens is 2. The van der Waals surface area contributed by atoms with Crippen LogP contribution in [0.25, 0.3) is 10.9 Å². The first kappa shape index (κ1) is 21.6. The fraction of sp³-hybridized carbons (Fsp3) is 0.227. The molecule has 0 radical (unpaired) electrons. The Bertz CT molecular complexity index is 1290. The van der Waals surface area contributed by atoms with Crippen LogP contribution in [0.4, 0.5) is 10.1 Å². The molecular weight excluding hydrogens is 441 g/mol. The van der Waals surface area contributed by atoms with E-state index in [1.165, 1.54) is 28.9 Å². The second-order valence-electron chi connectivity index (χ2n) is 7.25. The molecule has 1 fully saturated rings. The molecule has 2 aromatic carbocycles. The number of amides is 1. The van der Waals surface area contributed by atoms with Crippen LogP contribution in [-0.2, 0) is 11.3 Å². The van der Waals surface area contributed by atoms with E-state index in [4.69, 9.17) is 16.3 Å². The number of ether oxygens (including phenoxy) is 1. The van der Waals surface area contributed by atoms with E-state index in [0.717, 1.165) is 11.6 Å². The maximum atomic E-state index is 14.9. The number of aryl methyl sites for hydroxylation is 1. The van der Waals surface area contributed by atoms with E-state index in [0.29, 0.717) is 17.8 Å². The summed E-state index contributed by atoms with van der Waals surface area (Å²) in [6.45, 7) is 2.12. The first-order valence-electron chi connectivity index (χ1n) is 9.74. The maximum Gasteiger partial charge on any atom is 0.341 e. The van der Waals surface area contributed by atoms with Crippen LogP contribution in [0.3, 0.4) is 0 Å². The van der Waals surface area contributed by atoms with Gasteiger partial charge < -0.3 is 14.4 Å². The number of carboxylic acid groups (broad SMARTS) is 1. The average molecular weight is 460 g/mol. The molecule has 0 spiro atoms. The number of nitrogens with one attached hydrogen (secondary N) is 1. The predicted molar refractivity (Wildman–Crippen MR) is 117 cm³/mol. The van der Waals surface area contributed by atoms with Gasteiger partial charge in [0.1, 0.15) is 28.5 Å². The summed E-state index contributed by atoms with van der Waals surface area (Å²) in [6, 6.07) is 8.79. The molecule has 0 bridgehead atoms. The summed E-state index contributed by atoms with van der Waals surface area (Å²) in [7, 11) is 1.54. The van der Waals surface area contributed by atoms with E-state index in [1.54, 1.807) is 31.2 Å². The molecule has 0 unspecified atom stereocenters. The van der Waals surface area contributed by atoms with E-state index < -0.39 is 40.1 Å². The normalized spacial score (nSPS) is 17.9. The van der Waals surface area contributed by atoms with Gasteiger partial charge in [-0.05, 0) is 36.8 Å². The van der Waals surface area contributed by atoms with Gasteiger partial charge in [0.15, 0.2) is 0 Å². The summed E-state index contributed by atoms with van der Waals surface area (Å²) >= 11 is 6.23. The number of carbonyl (C=O) groups is 2. The highest BCUT2D eigenvalue weighted by Crippen LogP contribution is 2.39. The number of alkyl halides is 1. The van der Waals surface area contributed by atoms with Crippen molar-refractivity contribution in [2.45, 2.75) is 24.9 Å². The van der Waals surface area contributed by atoms with Gasteiger partial charge in [-0.1, -0.05) is 12.1 Å². The second-order valence-corrected chi connectivity index (χ2v) is 7.72. The van der Waals surface area contributed by atoms with Gasteiger partial charge in [-0.3, -0.25) is 15.0 Å². The van der Waals surface area contributed by atoms with Gasteiger partial charge >= 0.3 is 5.97 Å². The zero-order valence-corrected chi connectivity index (χ0v) is 17.9. The van der Waals surface area contributed by atoms with Crippen molar-refractivity contribution >= 4 is 40.1 Å². The minimum atomic E-state index is -1.39. The Labute approximate surface area is 186 Å². The highest BCUT2D eigenvalue weighted by Gasteiger charge is 2.48. The molecule has 1 saturated heterocycles. The number of β-lactam (4-membered cyclic amide) rings is 1. The number of methoxy groups -OCH3 is 1. The highest BCUT2D eigenvalue weighted by atomic mass is 35.5. The number of pyridine rings is 1. The lowest BCUT2D eigenvalue weighted by Crippen LogP contribution is -2.58. The zero-order valence-electron chi connectivity index (χ0n) is 17.1. The molecule has 0 saturated carbocycles. The zero-order chi connectivity index (χ0) is 23.2. The number of rotatable bonds is 6. The number of anilines is 1. The van der Waals surface area contributed by atoms with Crippen molar-refractivity contribution in [1.82, 2.24) is 9.58 Å².